The summed E-state index contributed by atoms with van der Waals surface area (Å²) in [6.07, 6.45) is 4.64. The Hall–Kier alpha value is -0.320. The maximum absolute atomic E-state index is 4.64. The molecule has 1 aromatic rings. The van der Waals surface area contributed by atoms with Crippen molar-refractivity contribution in [2.45, 2.75) is 25.3 Å². The molecule has 1 aliphatic rings. The molecule has 0 saturated heterocycles. The van der Waals surface area contributed by atoms with E-state index in [-0.39, 0.29) is 0 Å². The first-order valence-corrected chi connectivity index (χ1v) is 7.77. The number of nitrogens with one attached hydrogen (secondary N) is 1. The van der Waals surface area contributed by atoms with Crippen LogP contribution in [0.5, 0.6) is 0 Å². The molecule has 0 atom stereocenters. The number of hydrogen-bond donors (Lipinski definition) is 1. The van der Waals surface area contributed by atoms with E-state index in [0.29, 0.717) is 0 Å². The van der Waals surface area contributed by atoms with Crippen LogP contribution in [-0.2, 0) is 6.54 Å². The van der Waals surface area contributed by atoms with E-state index in [4.69, 9.17) is 0 Å². The topological polar surface area (TPSA) is 24.9 Å². The molecule has 0 amide bonds. The molecule has 1 aliphatic carbocycles. The smallest absolute Gasteiger partial charge is 0.0959 e. The highest BCUT2D eigenvalue weighted by Crippen LogP contribution is 2.41. The third-order valence-corrected chi connectivity index (χ3v) is 4.48. The lowest BCUT2D eigenvalue weighted by Gasteiger charge is -2.01. The van der Waals surface area contributed by atoms with Crippen molar-refractivity contribution in [3.05, 3.63) is 28.7 Å². The Balaban J connectivity index is 1.59. The molecule has 4 heteroatoms. The average molecular weight is 254 g/mol. The second-order valence-corrected chi connectivity index (χ2v) is 6.03. The molecule has 2 nitrogen and oxygen atoms in total. The first-order valence-electron chi connectivity index (χ1n) is 5.74. The summed E-state index contributed by atoms with van der Waals surface area (Å²) in [7, 11) is 0. The van der Waals surface area contributed by atoms with E-state index in [9.17, 15) is 0 Å². The first kappa shape index (κ1) is 12.1. The highest BCUT2D eigenvalue weighted by molar-refractivity contribution is 7.99. The number of rotatable bonds is 8. The largest absolute Gasteiger partial charge is 0.310 e. The summed E-state index contributed by atoms with van der Waals surface area (Å²) in [6, 6.07) is 0. The van der Waals surface area contributed by atoms with Crippen molar-refractivity contribution < 1.29 is 0 Å². The van der Waals surface area contributed by atoms with Crippen LogP contribution < -0.4 is 5.32 Å². The molecule has 0 radical (unpaired) electrons. The minimum Gasteiger partial charge on any atom is -0.310 e. The molecule has 1 fully saturated rings. The molecule has 1 aromatic heterocycles. The summed E-state index contributed by atoms with van der Waals surface area (Å²) < 4.78 is 0. The third kappa shape index (κ3) is 3.92. The van der Waals surface area contributed by atoms with Crippen molar-refractivity contribution in [3.63, 3.8) is 0 Å². The van der Waals surface area contributed by atoms with Crippen LogP contribution in [0.4, 0.5) is 0 Å². The third-order valence-electron chi connectivity index (χ3n) is 2.46. The molecule has 0 aliphatic heterocycles. The Morgan fingerprint density at radius 2 is 2.50 bits per heavy atom. The maximum atomic E-state index is 4.64. The van der Waals surface area contributed by atoms with Crippen LogP contribution >= 0.6 is 23.1 Å². The van der Waals surface area contributed by atoms with Crippen LogP contribution in [0.1, 0.15) is 29.5 Å². The van der Waals surface area contributed by atoms with Gasteiger partial charge < -0.3 is 5.32 Å². The summed E-state index contributed by atoms with van der Waals surface area (Å²) >= 11 is 3.73. The summed E-state index contributed by atoms with van der Waals surface area (Å²) in [5, 5.41) is 6.96. The number of aromatic nitrogens is 1. The van der Waals surface area contributed by atoms with E-state index in [1.165, 1.54) is 23.5 Å². The lowest BCUT2D eigenvalue weighted by Crippen LogP contribution is -2.16. The number of thioether (sulfide) groups is 1. The van der Waals surface area contributed by atoms with Gasteiger partial charge in [0.15, 0.2) is 0 Å². The van der Waals surface area contributed by atoms with Gasteiger partial charge in [0, 0.05) is 35.9 Å². The molecule has 1 N–H and O–H groups in total. The van der Waals surface area contributed by atoms with Gasteiger partial charge in [-0.25, -0.2) is 4.98 Å². The lowest BCUT2D eigenvalue weighted by molar-refractivity contribution is 0.716. The SMILES string of the molecule is C=CCSCCNCc1csc(C2CC2)n1. The Kier molecular flexibility index (Phi) is 4.88. The molecule has 2 rings (SSSR count). The summed E-state index contributed by atoms with van der Waals surface area (Å²) in [5.41, 5.74) is 1.21. The van der Waals surface area contributed by atoms with Gasteiger partial charge in [-0.15, -0.1) is 17.9 Å². The zero-order valence-corrected chi connectivity index (χ0v) is 11.1. The molecule has 0 bridgehead atoms. The van der Waals surface area contributed by atoms with Gasteiger partial charge in [0.05, 0.1) is 10.7 Å². The monoisotopic (exact) mass is 254 g/mol. The highest BCUT2D eigenvalue weighted by Gasteiger charge is 2.26. The molecule has 0 aromatic carbocycles. The lowest BCUT2D eigenvalue weighted by atomic mass is 10.4. The standard InChI is InChI=1S/C12H18N2S2/c1-2-6-15-7-5-13-8-11-9-16-12(14-11)10-3-4-10/h2,9-10,13H,1,3-8H2. The van der Waals surface area contributed by atoms with Crippen LogP contribution in [0, 0.1) is 0 Å². The highest BCUT2D eigenvalue weighted by atomic mass is 32.2. The molecule has 0 unspecified atom stereocenters. The normalized spacial score (nSPS) is 15.2. The fourth-order valence-electron chi connectivity index (χ4n) is 1.45. The predicted octanol–water partition coefficient (Wildman–Crippen LogP) is 3.03. The number of nitrogens with zero attached hydrogens (tertiary/aromatic N) is 1. The first-order chi connectivity index (χ1) is 7.90. The Bertz CT molecular complexity index is 332. The summed E-state index contributed by atoms with van der Waals surface area (Å²) in [4.78, 5) is 4.64. The summed E-state index contributed by atoms with van der Waals surface area (Å²) in [5.74, 6) is 2.98. The molecule has 16 heavy (non-hydrogen) atoms. The fourth-order valence-corrected chi connectivity index (χ4v) is 3.06. The minimum absolute atomic E-state index is 0.793. The predicted molar refractivity (Wildman–Crippen MR) is 73.3 cm³/mol. The number of thiazole rings is 1. The van der Waals surface area contributed by atoms with Gasteiger partial charge in [0.2, 0.25) is 0 Å². The Morgan fingerprint density at radius 3 is 3.25 bits per heavy atom. The van der Waals surface area contributed by atoms with E-state index in [1.54, 1.807) is 0 Å². The van der Waals surface area contributed by atoms with Crippen LogP contribution in [-0.4, -0.2) is 23.0 Å². The van der Waals surface area contributed by atoms with E-state index < -0.39 is 0 Å². The van der Waals surface area contributed by atoms with Crippen LogP contribution in [0.3, 0.4) is 0 Å². The average Bonchev–Trinajstić information content (AvgIpc) is 3.04. The van der Waals surface area contributed by atoms with Crippen molar-refractivity contribution in [3.8, 4) is 0 Å². The molecule has 1 saturated carbocycles. The molecule has 88 valence electrons. The molecule has 0 spiro atoms. The van der Waals surface area contributed by atoms with Crippen molar-refractivity contribution in [2.24, 2.45) is 0 Å². The zero-order valence-electron chi connectivity index (χ0n) is 9.45. The molecule has 1 heterocycles. The van der Waals surface area contributed by atoms with E-state index >= 15 is 0 Å². The van der Waals surface area contributed by atoms with E-state index in [0.717, 1.165) is 30.5 Å². The Labute approximate surface area is 106 Å². The van der Waals surface area contributed by atoms with Crippen molar-refractivity contribution in [1.29, 1.82) is 0 Å². The second kappa shape index (κ2) is 6.42. The van der Waals surface area contributed by atoms with Gasteiger partial charge in [-0.1, -0.05) is 6.08 Å². The minimum atomic E-state index is 0.793. The fraction of sp³-hybridized carbons (Fsp3) is 0.583. The molecular formula is C12H18N2S2. The maximum Gasteiger partial charge on any atom is 0.0959 e. The van der Waals surface area contributed by atoms with Crippen LogP contribution in [0.25, 0.3) is 0 Å². The quantitative estimate of drug-likeness (QED) is 0.570. The zero-order chi connectivity index (χ0) is 11.2. The Morgan fingerprint density at radius 1 is 1.62 bits per heavy atom. The van der Waals surface area contributed by atoms with Gasteiger partial charge in [0.25, 0.3) is 0 Å². The summed E-state index contributed by atoms with van der Waals surface area (Å²) in [6.45, 7) is 5.67. The van der Waals surface area contributed by atoms with Gasteiger partial charge in [-0.05, 0) is 12.8 Å². The second-order valence-electron chi connectivity index (χ2n) is 3.99. The van der Waals surface area contributed by atoms with Gasteiger partial charge in [-0.3, -0.25) is 0 Å². The van der Waals surface area contributed by atoms with Gasteiger partial charge in [-0.2, -0.15) is 11.8 Å². The van der Waals surface area contributed by atoms with Crippen LogP contribution in [0.2, 0.25) is 0 Å². The van der Waals surface area contributed by atoms with Crippen molar-refractivity contribution in [2.75, 3.05) is 18.1 Å². The van der Waals surface area contributed by atoms with Gasteiger partial charge >= 0.3 is 0 Å². The van der Waals surface area contributed by atoms with E-state index in [2.05, 4.69) is 22.3 Å². The number of hydrogen-bond acceptors (Lipinski definition) is 4. The van der Waals surface area contributed by atoms with Gasteiger partial charge in [0.1, 0.15) is 0 Å². The van der Waals surface area contributed by atoms with E-state index in [1.807, 2.05) is 29.2 Å². The van der Waals surface area contributed by atoms with Crippen molar-refractivity contribution in [1.82, 2.24) is 10.3 Å². The van der Waals surface area contributed by atoms with Crippen LogP contribution in [0.15, 0.2) is 18.0 Å². The molecular weight excluding hydrogens is 236 g/mol. The van der Waals surface area contributed by atoms with Crippen molar-refractivity contribution >= 4 is 23.1 Å².